The van der Waals surface area contributed by atoms with Gasteiger partial charge in [0.05, 0.1) is 18.0 Å². The quantitative estimate of drug-likeness (QED) is 0.837. The molecule has 0 fully saturated rings. The molecule has 2 aromatic rings. The molecule has 0 radical (unpaired) electrons. The second-order valence-electron chi connectivity index (χ2n) is 3.07. The highest BCUT2D eigenvalue weighted by atomic mass is 32.1. The molecule has 0 amide bonds. The van der Waals surface area contributed by atoms with Crippen LogP contribution in [0.2, 0.25) is 0 Å². The fourth-order valence-corrected chi connectivity index (χ4v) is 2.05. The van der Waals surface area contributed by atoms with Crippen LogP contribution in [0.1, 0.15) is 16.5 Å². The van der Waals surface area contributed by atoms with Crippen molar-refractivity contribution in [3.63, 3.8) is 0 Å². The molecule has 4 heteroatoms. The van der Waals surface area contributed by atoms with E-state index in [4.69, 9.17) is 4.42 Å². The maximum absolute atomic E-state index is 5.06. The lowest BCUT2D eigenvalue weighted by Gasteiger charge is -2.12. The third-order valence-electron chi connectivity index (χ3n) is 2.18. The second kappa shape index (κ2) is 4.39. The van der Waals surface area contributed by atoms with Crippen LogP contribution in [-0.4, -0.2) is 12.0 Å². The van der Waals surface area contributed by atoms with Crippen LogP contribution in [0, 0.1) is 0 Å². The van der Waals surface area contributed by atoms with Gasteiger partial charge in [-0.2, -0.15) is 0 Å². The zero-order valence-electron chi connectivity index (χ0n) is 7.93. The molecule has 0 saturated carbocycles. The summed E-state index contributed by atoms with van der Waals surface area (Å²) in [5, 5.41) is 3.26. The van der Waals surface area contributed by atoms with Gasteiger partial charge in [-0.05, 0) is 13.1 Å². The van der Waals surface area contributed by atoms with Crippen molar-refractivity contribution < 1.29 is 4.42 Å². The Labute approximate surface area is 86.8 Å². The summed E-state index contributed by atoms with van der Waals surface area (Å²) in [7, 11) is 1.96. The zero-order chi connectivity index (χ0) is 9.80. The lowest BCUT2D eigenvalue weighted by molar-refractivity contribution is 0.543. The van der Waals surface area contributed by atoms with E-state index < -0.39 is 0 Å². The average Bonchev–Trinajstić information content (AvgIpc) is 2.86. The minimum atomic E-state index is 0.314. The fourth-order valence-electron chi connectivity index (χ4n) is 1.40. The Bertz CT molecular complexity index is 355. The Kier molecular flexibility index (Phi) is 2.96. The SMILES string of the molecule is CNC(Cc1cncs1)c1ccoc1. The summed E-state index contributed by atoms with van der Waals surface area (Å²) >= 11 is 1.68. The summed E-state index contributed by atoms with van der Waals surface area (Å²) in [5.74, 6) is 0. The summed E-state index contributed by atoms with van der Waals surface area (Å²) in [4.78, 5) is 5.34. The van der Waals surface area contributed by atoms with Gasteiger partial charge in [-0.1, -0.05) is 0 Å². The lowest BCUT2D eigenvalue weighted by atomic mass is 10.1. The average molecular weight is 208 g/mol. The molecule has 0 spiro atoms. The summed E-state index contributed by atoms with van der Waals surface area (Å²) in [5.41, 5.74) is 3.04. The fraction of sp³-hybridized carbons (Fsp3) is 0.300. The molecule has 0 aliphatic rings. The Morgan fingerprint density at radius 1 is 1.64 bits per heavy atom. The number of rotatable bonds is 4. The number of nitrogens with one attached hydrogen (secondary N) is 1. The van der Waals surface area contributed by atoms with Gasteiger partial charge < -0.3 is 9.73 Å². The highest BCUT2D eigenvalue weighted by Crippen LogP contribution is 2.20. The van der Waals surface area contributed by atoms with Gasteiger partial charge in [0.25, 0.3) is 0 Å². The highest BCUT2D eigenvalue weighted by Gasteiger charge is 2.11. The molecule has 0 bridgehead atoms. The van der Waals surface area contributed by atoms with E-state index in [0.29, 0.717) is 6.04 Å². The van der Waals surface area contributed by atoms with Gasteiger partial charge >= 0.3 is 0 Å². The minimum absolute atomic E-state index is 0.314. The second-order valence-corrected chi connectivity index (χ2v) is 4.04. The van der Waals surface area contributed by atoms with E-state index in [1.165, 1.54) is 10.4 Å². The molecule has 1 unspecified atom stereocenters. The third-order valence-corrected chi connectivity index (χ3v) is 2.98. The molecule has 1 N–H and O–H groups in total. The van der Waals surface area contributed by atoms with E-state index >= 15 is 0 Å². The summed E-state index contributed by atoms with van der Waals surface area (Å²) < 4.78 is 5.06. The molecule has 74 valence electrons. The van der Waals surface area contributed by atoms with E-state index in [0.717, 1.165) is 6.42 Å². The number of hydrogen-bond donors (Lipinski definition) is 1. The van der Waals surface area contributed by atoms with Gasteiger partial charge in [0.1, 0.15) is 0 Å². The third kappa shape index (κ3) is 2.02. The number of likely N-dealkylation sites (N-methyl/N-ethyl adjacent to an activating group) is 1. The number of aromatic nitrogens is 1. The van der Waals surface area contributed by atoms with Gasteiger partial charge in [-0.3, -0.25) is 4.98 Å². The lowest BCUT2D eigenvalue weighted by Crippen LogP contribution is -2.17. The van der Waals surface area contributed by atoms with E-state index in [-0.39, 0.29) is 0 Å². The Morgan fingerprint density at radius 2 is 2.57 bits per heavy atom. The number of hydrogen-bond acceptors (Lipinski definition) is 4. The number of nitrogens with zero attached hydrogens (tertiary/aromatic N) is 1. The van der Waals surface area contributed by atoms with Gasteiger partial charge in [-0.25, -0.2) is 0 Å². The number of furan rings is 1. The van der Waals surface area contributed by atoms with Crippen molar-refractivity contribution in [2.24, 2.45) is 0 Å². The van der Waals surface area contributed by atoms with Gasteiger partial charge in [0, 0.05) is 29.1 Å². The minimum Gasteiger partial charge on any atom is -0.472 e. The van der Waals surface area contributed by atoms with Crippen LogP contribution in [-0.2, 0) is 6.42 Å². The smallest absolute Gasteiger partial charge is 0.0950 e. The van der Waals surface area contributed by atoms with Gasteiger partial charge in [-0.15, -0.1) is 11.3 Å². The standard InChI is InChI=1S/C10H12N2OS/c1-11-10(8-2-3-13-6-8)4-9-5-12-7-14-9/h2-3,5-7,10-11H,4H2,1H3. The van der Waals surface area contributed by atoms with E-state index in [9.17, 15) is 0 Å². The first-order chi connectivity index (χ1) is 6.90. The van der Waals surface area contributed by atoms with Crippen LogP contribution < -0.4 is 5.32 Å². The predicted molar refractivity (Wildman–Crippen MR) is 56.3 cm³/mol. The highest BCUT2D eigenvalue weighted by molar-refractivity contribution is 7.09. The largest absolute Gasteiger partial charge is 0.472 e. The molecule has 14 heavy (non-hydrogen) atoms. The molecule has 3 nitrogen and oxygen atoms in total. The van der Waals surface area contributed by atoms with Crippen molar-refractivity contribution in [3.05, 3.63) is 40.7 Å². The maximum atomic E-state index is 5.06. The van der Waals surface area contributed by atoms with Gasteiger partial charge in [0.15, 0.2) is 0 Å². The molecule has 0 saturated heterocycles. The van der Waals surface area contributed by atoms with Crippen molar-refractivity contribution in [1.29, 1.82) is 0 Å². The van der Waals surface area contributed by atoms with Gasteiger partial charge in [0.2, 0.25) is 0 Å². The van der Waals surface area contributed by atoms with Crippen molar-refractivity contribution in [2.75, 3.05) is 7.05 Å². The summed E-state index contributed by atoms with van der Waals surface area (Å²) in [6.45, 7) is 0. The predicted octanol–water partition coefficient (Wildman–Crippen LogP) is 2.24. The molecule has 0 aromatic carbocycles. The molecule has 2 aromatic heterocycles. The van der Waals surface area contributed by atoms with Crippen molar-refractivity contribution in [3.8, 4) is 0 Å². The Morgan fingerprint density at radius 3 is 3.14 bits per heavy atom. The molecule has 0 aliphatic heterocycles. The van der Waals surface area contributed by atoms with Crippen LogP contribution in [0.4, 0.5) is 0 Å². The topological polar surface area (TPSA) is 38.1 Å². The summed E-state index contributed by atoms with van der Waals surface area (Å²) in [6, 6.07) is 2.30. The molecule has 2 heterocycles. The zero-order valence-corrected chi connectivity index (χ0v) is 8.75. The van der Waals surface area contributed by atoms with E-state index in [1.807, 2.05) is 24.8 Å². The first-order valence-corrected chi connectivity index (χ1v) is 5.35. The molecule has 1 atom stereocenters. The summed E-state index contributed by atoms with van der Waals surface area (Å²) in [6.07, 6.45) is 6.35. The molecular weight excluding hydrogens is 196 g/mol. The first-order valence-electron chi connectivity index (χ1n) is 4.47. The number of thiazole rings is 1. The Balaban J connectivity index is 2.08. The van der Waals surface area contributed by atoms with Crippen LogP contribution in [0.25, 0.3) is 0 Å². The van der Waals surface area contributed by atoms with Crippen molar-refractivity contribution in [2.45, 2.75) is 12.5 Å². The van der Waals surface area contributed by atoms with E-state index in [1.54, 1.807) is 23.9 Å². The van der Waals surface area contributed by atoms with Crippen molar-refractivity contribution >= 4 is 11.3 Å². The normalized spacial score (nSPS) is 12.9. The van der Waals surface area contributed by atoms with E-state index in [2.05, 4.69) is 10.3 Å². The molecule has 2 rings (SSSR count). The molecule has 0 aliphatic carbocycles. The van der Waals surface area contributed by atoms with Crippen LogP contribution in [0.15, 0.2) is 34.7 Å². The van der Waals surface area contributed by atoms with Crippen LogP contribution in [0.5, 0.6) is 0 Å². The monoisotopic (exact) mass is 208 g/mol. The molecular formula is C10H12N2OS. The van der Waals surface area contributed by atoms with Crippen molar-refractivity contribution in [1.82, 2.24) is 10.3 Å². The van der Waals surface area contributed by atoms with Crippen LogP contribution in [0.3, 0.4) is 0 Å². The first kappa shape index (κ1) is 9.43. The maximum Gasteiger partial charge on any atom is 0.0950 e. The van der Waals surface area contributed by atoms with Crippen LogP contribution >= 0.6 is 11.3 Å². The Hall–Kier alpha value is -1.13.